The molecule has 0 spiro atoms. The first-order valence-electron chi connectivity index (χ1n) is 7.13. The van der Waals surface area contributed by atoms with E-state index < -0.39 is 7.42 Å². The fourth-order valence-corrected chi connectivity index (χ4v) is 6.42. The van der Waals surface area contributed by atoms with Crippen LogP contribution < -0.4 is 0 Å². The van der Waals surface area contributed by atoms with Gasteiger partial charge >= 0.3 is 0 Å². The molecular weight excluding hydrogens is 269 g/mol. The summed E-state index contributed by atoms with van der Waals surface area (Å²) in [6, 6.07) is 0.789. The molecule has 4 heteroatoms. The summed E-state index contributed by atoms with van der Waals surface area (Å²) >= 11 is 12.7. The van der Waals surface area contributed by atoms with Crippen LogP contribution in [0.15, 0.2) is 0 Å². The van der Waals surface area contributed by atoms with Gasteiger partial charge in [0, 0.05) is 18.3 Å². The van der Waals surface area contributed by atoms with Gasteiger partial charge in [0.25, 0.3) is 7.42 Å². The summed E-state index contributed by atoms with van der Waals surface area (Å²) in [7, 11) is -1.56. The molecule has 0 N–H and O–H groups in total. The third kappa shape index (κ3) is 3.40. The molecule has 1 aliphatic carbocycles. The van der Waals surface area contributed by atoms with Crippen molar-refractivity contribution < 1.29 is 0 Å². The zero-order chi connectivity index (χ0) is 12.4. The Morgan fingerprint density at radius 3 is 2.47 bits per heavy atom. The predicted molar refractivity (Wildman–Crippen MR) is 79.2 cm³/mol. The van der Waals surface area contributed by atoms with Gasteiger partial charge in [0.1, 0.15) is 0 Å². The first-order valence-corrected chi connectivity index (χ1v) is 11.3. The summed E-state index contributed by atoms with van der Waals surface area (Å²) < 4.78 is 0. The van der Waals surface area contributed by atoms with E-state index >= 15 is 0 Å². The van der Waals surface area contributed by atoms with E-state index in [-0.39, 0.29) is 0 Å². The van der Waals surface area contributed by atoms with Crippen LogP contribution in [0, 0.1) is 11.8 Å². The SMILES string of the molecule is CC(C)CN1C2CCCCC2CCC1[SiH](Cl)Cl. The second-order valence-electron chi connectivity index (χ2n) is 6.18. The number of likely N-dealkylation sites (tertiary alicyclic amines) is 1. The summed E-state index contributed by atoms with van der Waals surface area (Å²) in [5.74, 6) is 1.65. The average molecular weight is 294 g/mol. The van der Waals surface area contributed by atoms with Crippen LogP contribution in [-0.4, -0.2) is 30.6 Å². The molecule has 1 saturated heterocycles. The number of fused-ring (bicyclic) bond motifs is 1. The molecule has 0 radical (unpaired) electrons. The van der Waals surface area contributed by atoms with Gasteiger partial charge in [-0.25, -0.2) is 0 Å². The van der Waals surface area contributed by atoms with E-state index in [1.807, 2.05) is 0 Å². The second-order valence-corrected chi connectivity index (χ2v) is 11.1. The van der Waals surface area contributed by atoms with Crippen molar-refractivity contribution in [1.82, 2.24) is 4.90 Å². The third-order valence-corrected chi connectivity index (χ3v) is 7.46. The monoisotopic (exact) mass is 293 g/mol. The highest BCUT2D eigenvalue weighted by Gasteiger charge is 2.41. The minimum atomic E-state index is -1.56. The molecule has 0 aromatic rings. The lowest BCUT2D eigenvalue weighted by Gasteiger charge is -2.49. The van der Waals surface area contributed by atoms with Crippen molar-refractivity contribution in [2.24, 2.45) is 11.8 Å². The highest BCUT2D eigenvalue weighted by molar-refractivity contribution is 7.34. The van der Waals surface area contributed by atoms with Crippen LogP contribution in [0.2, 0.25) is 0 Å². The van der Waals surface area contributed by atoms with E-state index in [0.29, 0.717) is 5.67 Å². The zero-order valence-electron chi connectivity index (χ0n) is 11.0. The van der Waals surface area contributed by atoms with Gasteiger partial charge in [-0.3, -0.25) is 4.90 Å². The van der Waals surface area contributed by atoms with Gasteiger partial charge in [-0.2, -0.15) is 0 Å². The summed E-state index contributed by atoms with van der Waals surface area (Å²) in [6.45, 7) is 5.81. The van der Waals surface area contributed by atoms with Gasteiger partial charge in [-0.05, 0) is 37.5 Å². The Morgan fingerprint density at radius 2 is 1.82 bits per heavy atom. The Balaban J connectivity index is 2.09. The zero-order valence-corrected chi connectivity index (χ0v) is 13.7. The van der Waals surface area contributed by atoms with Gasteiger partial charge in [-0.1, -0.05) is 26.7 Å². The van der Waals surface area contributed by atoms with Gasteiger partial charge < -0.3 is 0 Å². The van der Waals surface area contributed by atoms with Crippen LogP contribution in [0.1, 0.15) is 52.4 Å². The molecule has 0 aromatic heterocycles. The molecule has 0 bridgehead atoms. The molecule has 1 aliphatic heterocycles. The maximum atomic E-state index is 6.33. The van der Waals surface area contributed by atoms with Crippen molar-refractivity contribution in [3.8, 4) is 0 Å². The van der Waals surface area contributed by atoms with Crippen LogP contribution in [-0.2, 0) is 0 Å². The van der Waals surface area contributed by atoms with Crippen LogP contribution in [0.3, 0.4) is 0 Å². The molecule has 2 rings (SSSR count). The van der Waals surface area contributed by atoms with Crippen molar-refractivity contribution in [3.63, 3.8) is 0 Å². The molecule has 3 atom stereocenters. The molecule has 17 heavy (non-hydrogen) atoms. The fraction of sp³-hybridized carbons (Fsp3) is 1.00. The van der Waals surface area contributed by atoms with Crippen molar-refractivity contribution in [1.29, 1.82) is 0 Å². The van der Waals surface area contributed by atoms with E-state index in [1.165, 1.54) is 45.1 Å². The van der Waals surface area contributed by atoms with E-state index in [4.69, 9.17) is 22.2 Å². The smallest absolute Gasteiger partial charge is 0.253 e. The summed E-state index contributed by atoms with van der Waals surface area (Å²) in [4.78, 5) is 2.70. The molecule has 2 fully saturated rings. The van der Waals surface area contributed by atoms with Crippen LogP contribution in [0.25, 0.3) is 0 Å². The number of nitrogens with zero attached hydrogens (tertiary/aromatic N) is 1. The maximum absolute atomic E-state index is 6.33. The number of piperidine rings is 1. The van der Waals surface area contributed by atoms with Crippen molar-refractivity contribution >= 4 is 29.6 Å². The molecule has 2 aliphatic rings. The lowest BCUT2D eigenvalue weighted by atomic mass is 9.78. The highest BCUT2D eigenvalue weighted by Crippen LogP contribution is 2.39. The van der Waals surface area contributed by atoms with Gasteiger partial charge in [0.2, 0.25) is 0 Å². The standard InChI is InChI=1S/C13H25Cl2NSi/c1-10(2)9-16-12-6-4-3-5-11(12)7-8-13(16)17(14)15/h10-13,17H,3-9H2,1-2H3. The maximum Gasteiger partial charge on any atom is 0.253 e. The summed E-state index contributed by atoms with van der Waals surface area (Å²) in [6.07, 6.45) is 8.26. The first-order chi connectivity index (χ1) is 8.09. The second kappa shape index (κ2) is 6.27. The quantitative estimate of drug-likeness (QED) is 0.563. The molecule has 1 heterocycles. The van der Waals surface area contributed by atoms with Crippen molar-refractivity contribution in [2.45, 2.75) is 64.1 Å². The van der Waals surface area contributed by atoms with Gasteiger partial charge in [0.05, 0.1) is 0 Å². The molecule has 3 unspecified atom stereocenters. The molecule has 1 saturated carbocycles. The molecular formula is C13H25Cl2NSi. The Hall–Kier alpha value is 0.757. The summed E-state index contributed by atoms with van der Waals surface area (Å²) in [5.41, 5.74) is 0.528. The average Bonchev–Trinajstić information content (AvgIpc) is 2.28. The number of hydrogen-bond acceptors (Lipinski definition) is 1. The topological polar surface area (TPSA) is 3.24 Å². The fourth-order valence-electron chi connectivity index (χ4n) is 3.72. The largest absolute Gasteiger partial charge is 0.297 e. The normalized spacial score (nSPS) is 35.3. The van der Waals surface area contributed by atoms with Crippen molar-refractivity contribution in [3.05, 3.63) is 0 Å². The Kier molecular flexibility index (Phi) is 5.23. The third-order valence-electron chi connectivity index (χ3n) is 4.42. The minimum Gasteiger partial charge on any atom is -0.297 e. The van der Waals surface area contributed by atoms with Gasteiger partial charge in [-0.15, -0.1) is 22.2 Å². The van der Waals surface area contributed by atoms with Crippen LogP contribution in [0.4, 0.5) is 0 Å². The highest BCUT2D eigenvalue weighted by atomic mass is 35.7. The molecule has 0 amide bonds. The van der Waals surface area contributed by atoms with E-state index in [0.717, 1.165) is 17.9 Å². The Labute approximate surface area is 117 Å². The first kappa shape index (κ1) is 14.2. The Bertz CT molecular complexity index is 248. The lowest BCUT2D eigenvalue weighted by Crippen LogP contribution is -2.56. The predicted octanol–water partition coefficient (Wildman–Crippen LogP) is 3.90. The van der Waals surface area contributed by atoms with Crippen LogP contribution >= 0.6 is 22.2 Å². The number of hydrogen-bond donors (Lipinski definition) is 0. The van der Waals surface area contributed by atoms with Crippen LogP contribution in [0.5, 0.6) is 0 Å². The van der Waals surface area contributed by atoms with E-state index in [1.54, 1.807) is 0 Å². The van der Waals surface area contributed by atoms with Gasteiger partial charge in [0.15, 0.2) is 0 Å². The number of halogens is 2. The molecule has 0 aromatic carbocycles. The number of rotatable bonds is 3. The minimum absolute atomic E-state index is 0.528. The Morgan fingerprint density at radius 1 is 1.12 bits per heavy atom. The summed E-state index contributed by atoms with van der Waals surface area (Å²) in [5, 5.41) is 0. The molecule has 1 nitrogen and oxygen atoms in total. The van der Waals surface area contributed by atoms with E-state index in [9.17, 15) is 0 Å². The molecule has 100 valence electrons. The van der Waals surface area contributed by atoms with Crippen molar-refractivity contribution in [2.75, 3.05) is 6.54 Å². The van der Waals surface area contributed by atoms with E-state index in [2.05, 4.69) is 18.7 Å². The lowest BCUT2D eigenvalue weighted by molar-refractivity contribution is 0.0350.